The molecule has 0 unspecified atom stereocenters. The highest BCUT2D eigenvalue weighted by molar-refractivity contribution is 6.30. The lowest BCUT2D eigenvalue weighted by atomic mass is 10.1. The zero-order valence-corrected chi connectivity index (χ0v) is 14.4. The molecule has 1 aromatic carbocycles. The summed E-state index contributed by atoms with van der Waals surface area (Å²) in [5, 5.41) is 4.55. The van der Waals surface area contributed by atoms with E-state index in [9.17, 15) is 4.79 Å². The number of carbonyl (C=O) groups is 1. The number of hydrogen-bond acceptors (Lipinski definition) is 4. The van der Waals surface area contributed by atoms with Gasteiger partial charge in [-0.2, -0.15) is 0 Å². The standard InChI is InChI=1S/C19H16ClN3O2/c1-12-8-9-23-16(11-21-25-19(24)14-2-3-14)18(22-17(23)10-12)13-4-6-15(20)7-5-13/h4-11,14H,2-3H2,1H3/b21-11-. The van der Waals surface area contributed by atoms with E-state index < -0.39 is 0 Å². The number of carbonyl (C=O) groups excluding carboxylic acids is 1. The predicted octanol–water partition coefficient (Wildman–Crippen LogP) is 4.25. The van der Waals surface area contributed by atoms with Crippen LogP contribution < -0.4 is 0 Å². The van der Waals surface area contributed by atoms with Gasteiger partial charge in [0.1, 0.15) is 5.65 Å². The number of benzene rings is 1. The maximum absolute atomic E-state index is 11.7. The number of imidazole rings is 1. The van der Waals surface area contributed by atoms with Crippen LogP contribution >= 0.6 is 11.6 Å². The van der Waals surface area contributed by atoms with Crippen molar-refractivity contribution in [2.45, 2.75) is 19.8 Å². The fourth-order valence-corrected chi connectivity index (χ4v) is 2.76. The molecule has 0 N–H and O–H groups in total. The van der Waals surface area contributed by atoms with E-state index in [0.29, 0.717) is 5.02 Å². The van der Waals surface area contributed by atoms with E-state index >= 15 is 0 Å². The van der Waals surface area contributed by atoms with Crippen LogP contribution in [0.2, 0.25) is 5.02 Å². The van der Waals surface area contributed by atoms with E-state index in [1.54, 1.807) is 6.21 Å². The molecule has 0 amide bonds. The molecule has 0 bridgehead atoms. The van der Waals surface area contributed by atoms with Gasteiger partial charge in [0, 0.05) is 16.8 Å². The highest BCUT2D eigenvalue weighted by Crippen LogP contribution is 2.30. The van der Waals surface area contributed by atoms with Crippen molar-refractivity contribution in [3.05, 3.63) is 58.9 Å². The maximum atomic E-state index is 11.7. The molecule has 1 saturated carbocycles. The molecule has 1 aliphatic carbocycles. The summed E-state index contributed by atoms with van der Waals surface area (Å²) in [6, 6.07) is 11.4. The number of aryl methyl sites for hydroxylation is 1. The molecule has 0 radical (unpaired) electrons. The Labute approximate surface area is 149 Å². The van der Waals surface area contributed by atoms with E-state index in [4.69, 9.17) is 21.4 Å². The molecule has 0 atom stereocenters. The van der Waals surface area contributed by atoms with Crippen molar-refractivity contribution in [3.8, 4) is 11.3 Å². The Kier molecular flexibility index (Phi) is 4.01. The van der Waals surface area contributed by atoms with E-state index in [2.05, 4.69) is 5.16 Å². The first-order valence-corrected chi connectivity index (χ1v) is 8.48. The Morgan fingerprint density at radius 1 is 1.32 bits per heavy atom. The number of fused-ring (bicyclic) bond motifs is 1. The number of pyridine rings is 1. The molecule has 4 rings (SSSR count). The lowest BCUT2D eigenvalue weighted by molar-refractivity contribution is -0.145. The van der Waals surface area contributed by atoms with Crippen LogP contribution in [0.15, 0.2) is 47.8 Å². The molecule has 5 nitrogen and oxygen atoms in total. The number of aromatic nitrogens is 2. The first-order chi connectivity index (χ1) is 12.1. The van der Waals surface area contributed by atoms with Gasteiger partial charge in [-0.05, 0) is 49.6 Å². The second-order valence-corrected chi connectivity index (χ2v) is 6.64. The van der Waals surface area contributed by atoms with Gasteiger partial charge < -0.3 is 4.84 Å². The quantitative estimate of drug-likeness (QED) is 0.400. The molecular weight excluding hydrogens is 338 g/mol. The predicted molar refractivity (Wildman–Crippen MR) is 96.8 cm³/mol. The van der Waals surface area contributed by atoms with Crippen molar-refractivity contribution >= 4 is 29.4 Å². The van der Waals surface area contributed by atoms with Crippen molar-refractivity contribution in [2.75, 3.05) is 0 Å². The minimum Gasteiger partial charge on any atom is -0.318 e. The highest BCUT2D eigenvalue weighted by Gasteiger charge is 2.31. The van der Waals surface area contributed by atoms with E-state index in [1.807, 2.05) is 53.9 Å². The third kappa shape index (κ3) is 3.28. The molecule has 1 fully saturated rings. The van der Waals surface area contributed by atoms with E-state index in [1.165, 1.54) is 0 Å². The van der Waals surface area contributed by atoms with Gasteiger partial charge in [0.25, 0.3) is 0 Å². The van der Waals surface area contributed by atoms with Crippen LogP contribution in [-0.4, -0.2) is 21.6 Å². The van der Waals surface area contributed by atoms with Crippen LogP contribution in [0.5, 0.6) is 0 Å². The molecule has 1 aliphatic rings. The van der Waals surface area contributed by atoms with Gasteiger partial charge in [0.2, 0.25) is 0 Å². The Morgan fingerprint density at radius 2 is 2.08 bits per heavy atom. The minimum atomic E-state index is -0.269. The summed E-state index contributed by atoms with van der Waals surface area (Å²) in [5.41, 5.74) is 4.35. The number of hydrogen-bond donors (Lipinski definition) is 0. The van der Waals surface area contributed by atoms with Crippen molar-refractivity contribution in [1.82, 2.24) is 9.38 Å². The summed E-state index contributed by atoms with van der Waals surface area (Å²) in [5.74, 6) is -0.258. The van der Waals surface area contributed by atoms with Gasteiger partial charge in [-0.1, -0.05) is 28.9 Å². The number of oxime groups is 1. The van der Waals surface area contributed by atoms with Crippen LogP contribution in [0, 0.1) is 12.8 Å². The second-order valence-electron chi connectivity index (χ2n) is 6.20. The average Bonchev–Trinajstić information content (AvgIpc) is 3.39. The van der Waals surface area contributed by atoms with E-state index in [-0.39, 0.29) is 11.9 Å². The Hall–Kier alpha value is -2.66. The molecule has 2 heterocycles. The van der Waals surface area contributed by atoms with Crippen LogP contribution in [0.3, 0.4) is 0 Å². The van der Waals surface area contributed by atoms with Crippen LogP contribution in [0.4, 0.5) is 0 Å². The molecule has 0 aliphatic heterocycles. The lowest BCUT2D eigenvalue weighted by Gasteiger charge is -2.01. The van der Waals surface area contributed by atoms with Gasteiger partial charge in [-0.3, -0.25) is 4.40 Å². The molecule has 6 heteroatoms. The normalized spacial score (nSPS) is 14.3. The highest BCUT2D eigenvalue weighted by atomic mass is 35.5. The third-order valence-electron chi connectivity index (χ3n) is 4.16. The molecule has 2 aromatic heterocycles. The lowest BCUT2D eigenvalue weighted by Crippen LogP contribution is -2.02. The number of halogens is 1. The number of nitrogens with zero attached hydrogens (tertiary/aromatic N) is 3. The molecule has 25 heavy (non-hydrogen) atoms. The zero-order valence-electron chi connectivity index (χ0n) is 13.6. The maximum Gasteiger partial charge on any atom is 0.338 e. The monoisotopic (exact) mass is 353 g/mol. The average molecular weight is 354 g/mol. The molecule has 3 aromatic rings. The number of rotatable bonds is 4. The zero-order chi connectivity index (χ0) is 17.4. The van der Waals surface area contributed by atoms with Crippen molar-refractivity contribution in [3.63, 3.8) is 0 Å². The summed E-state index contributed by atoms with van der Waals surface area (Å²) in [7, 11) is 0. The Bertz CT molecular complexity index is 972. The summed E-state index contributed by atoms with van der Waals surface area (Å²) < 4.78 is 1.92. The first kappa shape index (κ1) is 15.8. The fraction of sp³-hybridized carbons (Fsp3) is 0.211. The molecule has 0 saturated heterocycles. The SMILES string of the molecule is Cc1ccn2c(/C=N\OC(=O)C3CC3)c(-c3ccc(Cl)cc3)nc2c1. The second kappa shape index (κ2) is 6.33. The van der Waals surface area contributed by atoms with Crippen molar-refractivity contribution < 1.29 is 9.63 Å². The first-order valence-electron chi connectivity index (χ1n) is 8.11. The molecule has 0 spiro atoms. The molecule has 126 valence electrons. The largest absolute Gasteiger partial charge is 0.338 e. The molecular formula is C19H16ClN3O2. The third-order valence-corrected chi connectivity index (χ3v) is 4.42. The van der Waals surface area contributed by atoms with Gasteiger partial charge in [0.05, 0.1) is 23.5 Å². The van der Waals surface area contributed by atoms with Gasteiger partial charge >= 0.3 is 5.97 Å². The van der Waals surface area contributed by atoms with Crippen LogP contribution in [0.25, 0.3) is 16.9 Å². The van der Waals surface area contributed by atoms with Crippen molar-refractivity contribution in [2.24, 2.45) is 11.1 Å². The summed E-state index contributed by atoms with van der Waals surface area (Å²) >= 11 is 5.98. The Morgan fingerprint density at radius 3 is 2.80 bits per heavy atom. The summed E-state index contributed by atoms with van der Waals surface area (Å²) in [6.45, 7) is 2.02. The summed E-state index contributed by atoms with van der Waals surface area (Å²) in [6.07, 6.45) is 5.25. The van der Waals surface area contributed by atoms with Gasteiger partial charge in [0.15, 0.2) is 0 Å². The van der Waals surface area contributed by atoms with E-state index in [0.717, 1.165) is 41.0 Å². The smallest absolute Gasteiger partial charge is 0.318 e. The van der Waals surface area contributed by atoms with Crippen LogP contribution in [0.1, 0.15) is 24.1 Å². The summed E-state index contributed by atoms with van der Waals surface area (Å²) in [4.78, 5) is 21.4. The fourth-order valence-electron chi connectivity index (χ4n) is 2.63. The van der Waals surface area contributed by atoms with Crippen molar-refractivity contribution in [1.29, 1.82) is 0 Å². The van der Waals surface area contributed by atoms with Crippen LogP contribution in [-0.2, 0) is 9.63 Å². The topological polar surface area (TPSA) is 56.0 Å². The minimum absolute atomic E-state index is 0.0118. The van der Waals surface area contributed by atoms with Gasteiger partial charge in [-0.25, -0.2) is 9.78 Å². The Balaban J connectivity index is 1.76. The van der Waals surface area contributed by atoms with Gasteiger partial charge in [-0.15, -0.1) is 0 Å².